The van der Waals surface area contributed by atoms with Crippen LogP contribution in [-0.2, 0) is 4.79 Å². The number of aryl methyl sites for hydroxylation is 4. The van der Waals surface area contributed by atoms with Crippen molar-refractivity contribution in [3.05, 3.63) is 69.8 Å². The number of nitrogens with zero attached hydrogens (tertiary/aromatic N) is 3. The number of rotatable bonds is 4. The fourth-order valence-electron chi connectivity index (χ4n) is 4.79. The van der Waals surface area contributed by atoms with Crippen LogP contribution in [0.5, 0.6) is 0 Å². The Morgan fingerprint density at radius 2 is 1.61 bits per heavy atom. The van der Waals surface area contributed by atoms with Gasteiger partial charge < -0.3 is 0 Å². The fraction of sp³-hybridized carbons (Fsp3) is 0.481. The van der Waals surface area contributed by atoms with Gasteiger partial charge in [0.1, 0.15) is 0 Å². The number of benzene rings is 2. The van der Waals surface area contributed by atoms with Gasteiger partial charge in [-0.25, -0.2) is 5.01 Å². The van der Waals surface area contributed by atoms with Crippen LogP contribution >= 0.6 is 0 Å². The molecule has 1 fully saturated rings. The second kappa shape index (κ2) is 8.96. The normalized spacial score (nSPS) is 20.2. The first-order valence-electron chi connectivity index (χ1n) is 11.6. The predicted octanol–water partition coefficient (Wildman–Crippen LogP) is 5.33. The molecule has 2 aromatic carbocycles. The molecule has 2 aromatic rings. The number of hydrogen-bond acceptors (Lipinski definition) is 3. The Bertz CT molecular complexity index is 1000. The maximum absolute atomic E-state index is 13.5. The molecule has 4 nitrogen and oxygen atoms in total. The number of carbonyl (C=O) groups excluding carboxylic acids is 1. The minimum atomic E-state index is -0.0361. The Kier molecular flexibility index (Phi) is 6.29. The van der Waals surface area contributed by atoms with Crippen molar-refractivity contribution >= 4 is 11.6 Å². The van der Waals surface area contributed by atoms with Gasteiger partial charge in [-0.15, -0.1) is 0 Å². The minimum Gasteiger partial charge on any atom is -0.294 e. The van der Waals surface area contributed by atoms with Gasteiger partial charge in [-0.2, -0.15) is 5.10 Å². The van der Waals surface area contributed by atoms with Crippen molar-refractivity contribution in [3.63, 3.8) is 0 Å². The second-order valence-corrected chi connectivity index (χ2v) is 9.64. The number of hydrazone groups is 1. The summed E-state index contributed by atoms with van der Waals surface area (Å²) in [4.78, 5) is 15.8. The summed E-state index contributed by atoms with van der Waals surface area (Å²) in [5, 5.41) is 6.73. The first-order valence-corrected chi connectivity index (χ1v) is 11.6. The highest BCUT2D eigenvalue weighted by atomic mass is 16.2. The van der Waals surface area contributed by atoms with E-state index < -0.39 is 0 Å². The third-order valence-electron chi connectivity index (χ3n) is 6.90. The number of hydrogen-bond donors (Lipinski definition) is 0. The van der Waals surface area contributed by atoms with E-state index in [0.717, 1.165) is 36.7 Å². The van der Waals surface area contributed by atoms with Crippen LogP contribution in [0, 0.1) is 33.6 Å². The zero-order valence-corrected chi connectivity index (χ0v) is 19.6. The van der Waals surface area contributed by atoms with Gasteiger partial charge in [0.25, 0.3) is 5.91 Å². The van der Waals surface area contributed by atoms with Crippen molar-refractivity contribution in [3.8, 4) is 0 Å². The van der Waals surface area contributed by atoms with E-state index in [1.807, 2.05) is 0 Å². The van der Waals surface area contributed by atoms with E-state index in [2.05, 4.69) is 75.9 Å². The molecular formula is C27H35N3O. The lowest BCUT2D eigenvalue weighted by molar-refractivity contribution is -0.134. The van der Waals surface area contributed by atoms with Crippen LogP contribution in [0.1, 0.15) is 65.6 Å². The molecule has 31 heavy (non-hydrogen) atoms. The van der Waals surface area contributed by atoms with Crippen LogP contribution in [0.25, 0.3) is 0 Å². The third-order valence-corrected chi connectivity index (χ3v) is 6.90. The van der Waals surface area contributed by atoms with Crippen LogP contribution in [-0.4, -0.2) is 41.2 Å². The Morgan fingerprint density at radius 3 is 2.32 bits per heavy atom. The van der Waals surface area contributed by atoms with Gasteiger partial charge in [0, 0.05) is 12.0 Å². The van der Waals surface area contributed by atoms with Crippen LogP contribution in [0.15, 0.2) is 41.5 Å². The monoisotopic (exact) mass is 417 g/mol. The van der Waals surface area contributed by atoms with E-state index in [9.17, 15) is 4.79 Å². The van der Waals surface area contributed by atoms with Crippen LogP contribution in [0.2, 0.25) is 0 Å². The van der Waals surface area contributed by atoms with Crippen molar-refractivity contribution in [1.82, 2.24) is 9.91 Å². The topological polar surface area (TPSA) is 35.9 Å². The number of amides is 1. The van der Waals surface area contributed by atoms with E-state index in [0.29, 0.717) is 6.54 Å². The molecule has 4 heteroatoms. The van der Waals surface area contributed by atoms with Crippen molar-refractivity contribution in [2.24, 2.45) is 11.0 Å². The predicted molar refractivity (Wildman–Crippen MR) is 127 cm³/mol. The molecule has 164 valence electrons. The molecule has 0 aliphatic carbocycles. The number of carbonyl (C=O) groups is 1. The van der Waals surface area contributed by atoms with E-state index in [1.54, 1.807) is 5.01 Å². The average Bonchev–Trinajstić information content (AvgIpc) is 3.18. The molecule has 2 aliphatic heterocycles. The average molecular weight is 418 g/mol. The summed E-state index contributed by atoms with van der Waals surface area (Å²) in [7, 11) is 0. The lowest BCUT2D eigenvalue weighted by atomic mass is 9.92. The molecule has 0 saturated carbocycles. The van der Waals surface area contributed by atoms with E-state index >= 15 is 0 Å². The lowest BCUT2D eigenvalue weighted by Gasteiger charge is -2.31. The molecule has 0 unspecified atom stereocenters. The molecule has 0 bridgehead atoms. The highest BCUT2D eigenvalue weighted by molar-refractivity contribution is 6.04. The van der Waals surface area contributed by atoms with Crippen LogP contribution in [0.4, 0.5) is 0 Å². The summed E-state index contributed by atoms with van der Waals surface area (Å²) in [6.45, 7) is 13.3. The second-order valence-electron chi connectivity index (χ2n) is 9.64. The van der Waals surface area contributed by atoms with Crippen molar-refractivity contribution in [2.45, 2.75) is 59.9 Å². The maximum Gasteiger partial charge on any atom is 0.257 e. The van der Waals surface area contributed by atoms with Gasteiger partial charge in [0.2, 0.25) is 0 Å². The molecule has 0 N–H and O–H groups in total. The maximum atomic E-state index is 13.5. The summed E-state index contributed by atoms with van der Waals surface area (Å²) in [5.41, 5.74) is 8.27. The van der Waals surface area contributed by atoms with Crippen molar-refractivity contribution in [1.29, 1.82) is 0 Å². The van der Waals surface area contributed by atoms with Crippen LogP contribution < -0.4 is 0 Å². The van der Waals surface area contributed by atoms with E-state index in [-0.39, 0.29) is 11.9 Å². The largest absolute Gasteiger partial charge is 0.294 e. The Balaban J connectivity index is 1.66. The number of likely N-dealkylation sites (tertiary alicyclic amines) is 1. The highest BCUT2D eigenvalue weighted by Crippen LogP contribution is 2.36. The van der Waals surface area contributed by atoms with Crippen molar-refractivity contribution < 1.29 is 4.79 Å². The third kappa shape index (κ3) is 4.74. The van der Waals surface area contributed by atoms with Gasteiger partial charge >= 0.3 is 0 Å². The van der Waals surface area contributed by atoms with Crippen molar-refractivity contribution in [2.75, 3.05) is 19.6 Å². The van der Waals surface area contributed by atoms with Gasteiger partial charge in [-0.1, -0.05) is 48.4 Å². The molecule has 0 aromatic heterocycles. The first kappa shape index (κ1) is 21.8. The summed E-state index contributed by atoms with van der Waals surface area (Å²) in [5.74, 6) is 0.871. The number of piperidine rings is 1. The summed E-state index contributed by atoms with van der Waals surface area (Å²) >= 11 is 0. The quantitative estimate of drug-likeness (QED) is 0.674. The van der Waals surface area contributed by atoms with Crippen LogP contribution in [0.3, 0.4) is 0 Å². The van der Waals surface area contributed by atoms with Gasteiger partial charge in [0.15, 0.2) is 0 Å². The lowest BCUT2D eigenvalue weighted by Crippen LogP contribution is -2.41. The smallest absolute Gasteiger partial charge is 0.257 e. The first-order chi connectivity index (χ1) is 14.8. The molecule has 1 atom stereocenters. The Morgan fingerprint density at radius 1 is 0.968 bits per heavy atom. The summed E-state index contributed by atoms with van der Waals surface area (Å²) in [6.07, 6.45) is 3.10. The zero-order valence-electron chi connectivity index (χ0n) is 19.6. The molecule has 1 saturated heterocycles. The Hall–Kier alpha value is -2.46. The minimum absolute atomic E-state index is 0.0361. The van der Waals surface area contributed by atoms with Gasteiger partial charge in [-0.05, 0) is 82.3 Å². The molecule has 2 aliphatic rings. The molecule has 2 heterocycles. The molecule has 0 spiro atoms. The van der Waals surface area contributed by atoms with Gasteiger partial charge in [-0.3, -0.25) is 9.69 Å². The molecule has 0 radical (unpaired) electrons. The van der Waals surface area contributed by atoms with Gasteiger partial charge in [0.05, 0.1) is 18.3 Å². The Labute approximate surface area is 186 Å². The fourth-order valence-corrected chi connectivity index (χ4v) is 4.79. The SMILES string of the molecule is Cc1ccc(C)c(C2=NN(C(=O)CN3CCC(C)CC3)[C@H](c3cc(C)ccc3C)C2)c1. The van der Waals surface area contributed by atoms with E-state index in [4.69, 9.17) is 5.10 Å². The molecule has 1 amide bonds. The summed E-state index contributed by atoms with van der Waals surface area (Å²) < 4.78 is 0. The molecular weight excluding hydrogens is 382 g/mol. The summed E-state index contributed by atoms with van der Waals surface area (Å²) in [6, 6.07) is 13.0. The van der Waals surface area contributed by atoms with E-state index in [1.165, 1.54) is 40.7 Å². The highest BCUT2D eigenvalue weighted by Gasteiger charge is 2.35. The zero-order chi connectivity index (χ0) is 22.1. The standard InChI is InChI=1S/C27H35N3O/c1-18-10-12-29(13-11-18)17-27(31)30-26(24-15-20(3)7-9-22(24)5)16-25(28-30)23-14-19(2)6-8-21(23)4/h6-9,14-15,18,26H,10-13,16-17H2,1-5H3/t26-/m0/s1. The molecule has 4 rings (SSSR count).